The van der Waals surface area contributed by atoms with Crippen LogP contribution in [0.5, 0.6) is 0 Å². The van der Waals surface area contributed by atoms with Crippen molar-refractivity contribution in [1.29, 1.82) is 0 Å². The lowest BCUT2D eigenvalue weighted by Crippen LogP contribution is -2.10. The predicted molar refractivity (Wildman–Crippen MR) is 213 cm³/mol. The minimum absolute atomic E-state index is 0.713. The van der Waals surface area contributed by atoms with Gasteiger partial charge in [-0.2, -0.15) is 0 Å². The molecule has 0 aliphatic carbocycles. The molecule has 0 bridgehead atoms. The highest BCUT2D eigenvalue weighted by Crippen LogP contribution is 2.39. The van der Waals surface area contributed by atoms with Crippen LogP contribution in [-0.4, -0.2) is 9.97 Å². The summed E-state index contributed by atoms with van der Waals surface area (Å²) < 4.78 is 0. The first-order chi connectivity index (χ1) is 25.3. The van der Waals surface area contributed by atoms with Gasteiger partial charge in [-0.1, -0.05) is 158 Å². The Hall–Kier alpha value is -6.84. The Kier molecular flexibility index (Phi) is 7.84. The van der Waals surface area contributed by atoms with Crippen molar-refractivity contribution in [3.05, 3.63) is 200 Å². The van der Waals surface area contributed by atoms with Gasteiger partial charge in [0.15, 0.2) is 5.82 Å². The first-order valence-corrected chi connectivity index (χ1v) is 17.2. The summed E-state index contributed by atoms with van der Waals surface area (Å²) >= 11 is 0. The number of rotatable bonds is 7. The van der Waals surface area contributed by atoms with E-state index in [2.05, 4.69) is 187 Å². The topological polar surface area (TPSA) is 29.0 Å². The van der Waals surface area contributed by atoms with Crippen molar-refractivity contribution in [3.63, 3.8) is 0 Å². The van der Waals surface area contributed by atoms with Gasteiger partial charge in [-0.3, -0.25) is 0 Å². The normalized spacial score (nSPS) is 11.1. The minimum atomic E-state index is 0.713. The molecular weight excluding hydrogens is 619 g/mol. The summed E-state index contributed by atoms with van der Waals surface area (Å²) in [6.07, 6.45) is 0. The van der Waals surface area contributed by atoms with E-state index in [1.54, 1.807) is 0 Å². The molecule has 51 heavy (non-hydrogen) atoms. The SMILES string of the molecule is c1ccc(-c2nc(-c3ccc(-c4ccc(N(c5ccccc5)c5cccc6ccccc56)cc4)cc3)cc(-c3ccc4ccccc4c3)n2)cc1. The fraction of sp³-hybridized carbons (Fsp3) is 0. The molecule has 9 aromatic rings. The molecule has 0 saturated carbocycles. The van der Waals surface area contributed by atoms with Crippen LogP contribution in [0.25, 0.3) is 66.6 Å². The van der Waals surface area contributed by atoms with E-state index in [-0.39, 0.29) is 0 Å². The van der Waals surface area contributed by atoms with Crippen LogP contribution < -0.4 is 4.90 Å². The Morgan fingerprint density at radius 1 is 0.314 bits per heavy atom. The summed E-state index contributed by atoms with van der Waals surface area (Å²) in [5, 5.41) is 4.84. The molecule has 0 fully saturated rings. The maximum absolute atomic E-state index is 5.06. The Bertz CT molecular complexity index is 2610. The van der Waals surface area contributed by atoms with Gasteiger partial charge in [-0.05, 0) is 69.8 Å². The van der Waals surface area contributed by atoms with Crippen molar-refractivity contribution in [2.75, 3.05) is 4.90 Å². The molecule has 0 atom stereocenters. The third kappa shape index (κ3) is 6.03. The molecule has 0 aliphatic heterocycles. The molecule has 0 unspecified atom stereocenters. The van der Waals surface area contributed by atoms with E-state index in [0.29, 0.717) is 5.82 Å². The highest BCUT2D eigenvalue weighted by molar-refractivity contribution is 5.99. The monoisotopic (exact) mass is 651 g/mol. The molecule has 240 valence electrons. The highest BCUT2D eigenvalue weighted by atomic mass is 15.1. The van der Waals surface area contributed by atoms with Gasteiger partial charge >= 0.3 is 0 Å². The third-order valence-electron chi connectivity index (χ3n) is 9.46. The van der Waals surface area contributed by atoms with Gasteiger partial charge in [0.05, 0.1) is 17.1 Å². The zero-order chi connectivity index (χ0) is 34.0. The molecule has 0 N–H and O–H groups in total. The van der Waals surface area contributed by atoms with Crippen molar-refractivity contribution in [3.8, 4) is 45.0 Å². The molecular formula is C48H33N3. The number of anilines is 3. The summed E-state index contributed by atoms with van der Waals surface area (Å²) in [5.74, 6) is 0.713. The van der Waals surface area contributed by atoms with E-state index in [4.69, 9.17) is 9.97 Å². The fourth-order valence-electron chi connectivity index (χ4n) is 6.85. The minimum Gasteiger partial charge on any atom is -0.310 e. The standard InChI is InChI=1S/C48H33N3/c1-3-14-39(15-4-1)48-49-45(33-46(50-48)41-27-24-34-12-7-8-16-40(34)32-41)38-25-22-35(23-26-38)36-28-30-43(31-29-36)51(42-18-5-2-6-19-42)47-21-11-17-37-13-9-10-20-44(37)47/h1-33H. The molecule has 0 amide bonds. The lowest BCUT2D eigenvalue weighted by molar-refractivity contribution is 1.18. The number of benzene rings is 8. The molecule has 0 spiro atoms. The van der Waals surface area contributed by atoms with Crippen LogP contribution in [0, 0.1) is 0 Å². The molecule has 0 radical (unpaired) electrons. The van der Waals surface area contributed by atoms with E-state index in [1.807, 2.05) is 18.2 Å². The third-order valence-corrected chi connectivity index (χ3v) is 9.46. The average molecular weight is 652 g/mol. The van der Waals surface area contributed by atoms with Crippen LogP contribution >= 0.6 is 0 Å². The van der Waals surface area contributed by atoms with Crippen molar-refractivity contribution in [1.82, 2.24) is 9.97 Å². The van der Waals surface area contributed by atoms with Crippen LogP contribution in [0.3, 0.4) is 0 Å². The summed E-state index contributed by atoms with van der Waals surface area (Å²) in [7, 11) is 0. The number of nitrogens with zero attached hydrogens (tertiary/aromatic N) is 3. The van der Waals surface area contributed by atoms with Crippen LogP contribution in [0.4, 0.5) is 17.1 Å². The van der Waals surface area contributed by atoms with Crippen molar-refractivity contribution in [2.45, 2.75) is 0 Å². The summed E-state index contributed by atoms with van der Waals surface area (Å²) in [6.45, 7) is 0. The van der Waals surface area contributed by atoms with E-state index in [9.17, 15) is 0 Å². The lowest BCUT2D eigenvalue weighted by atomic mass is 10.0. The zero-order valence-electron chi connectivity index (χ0n) is 27.9. The summed E-state index contributed by atoms with van der Waals surface area (Å²) in [5.41, 5.74) is 10.6. The largest absolute Gasteiger partial charge is 0.310 e. The molecule has 8 aromatic carbocycles. The number of hydrogen-bond acceptors (Lipinski definition) is 3. The molecule has 0 aliphatic rings. The van der Waals surface area contributed by atoms with E-state index < -0.39 is 0 Å². The van der Waals surface area contributed by atoms with Gasteiger partial charge in [0.25, 0.3) is 0 Å². The van der Waals surface area contributed by atoms with Gasteiger partial charge in [0.1, 0.15) is 0 Å². The molecule has 3 heteroatoms. The maximum Gasteiger partial charge on any atom is 0.160 e. The van der Waals surface area contributed by atoms with Crippen LogP contribution in [0.2, 0.25) is 0 Å². The van der Waals surface area contributed by atoms with Gasteiger partial charge in [-0.25, -0.2) is 9.97 Å². The van der Waals surface area contributed by atoms with Gasteiger partial charge < -0.3 is 4.90 Å². The maximum atomic E-state index is 5.06. The van der Waals surface area contributed by atoms with E-state index in [0.717, 1.165) is 56.3 Å². The molecule has 1 aromatic heterocycles. The number of aromatic nitrogens is 2. The van der Waals surface area contributed by atoms with Gasteiger partial charge in [0, 0.05) is 33.5 Å². The number of para-hydroxylation sites is 1. The molecule has 3 nitrogen and oxygen atoms in total. The van der Waals surface area contributed by atoms with E-state index in [1.165, 1.54) is 21.5 Å². The van der Waals surface area contributed by atoms with Gasteiger partial charge in [0.2, 0.25) is 0 Å². The lowest BCUT2D eigenvalue weighted by Gasteiger charge is -2.27. The number of hydrogen-bond donors (Lipinski definition) is 0. The smallest absolute Gasteiger partial charge is 0.160 e. The van der Waals surface area contributed by atoms with Crippen LogP contribution in [0.1, 0.15) is 0 Å². The van der Waals surface area contributed by atoms with Crippen molar-refractivity contribution in [2.24, 2.45) is 0 Å². The Morgan fingerprint density at radius 2 is 0.843 bits per heavy atom. The zero-order valence-corrected chi connectivity index (χ0v) is 27.9. The second-order valence-electron chi connectivity index (χ2n) is 12.7. The first kappa shape index (κ1) is 30.2. The quantitative estimate of drug-likeness (QED) is 0.172. The Balaban J connectivity index is 1.06. The number of fused-ring (bicyclic) bond motifs is 2. The molecule has 9 rings (SSSR count). The van der Waals surface area contributed by atoms with Crippen LogP contribution in [0.15, 0.2) is 200 Å². The first-order valence-electron chi connectivity index (χ1n) is 17.2. The molecule has 0 saturated heterocycles. The Morgan fingerprint density at radius 3 is 1.59 bits per heavy atom. The summed E-state index contributed by atoms with van der Waals surface area (Å²) in [4.78, 5) is 12.4. The fourth-order valence-corrected chi connectivity index (χ4v) is 6.85. The highest BCUT2D eigenvalue weighted by Gasteiger charge is 2.16. The van der Waals surface area contributed by atoms with Crippen molar-refractivity contribution >= 4 is 38.6 Å². The second-order valence-corrected chi connectivity index (χ2v) is 12.7. The predicted octanol–water partition coefficient (Wildman–Crippen LogP) is 12.9. The van der Waals surface area contributed by atoms with Crippen molar-refractivity contribution < 1.29 is 0 Å². The molecule has 1 heterocycles. The summed E-state index contributed by atoms with van der Waals surface area (Å²) in [6, 6.07) is 70.4. The van der Waals surface area contributed by atoms with Gasteiger partial charge in [-0.15, -0.1) is 0 Å². The van der Waals surface area contributed by atoms with E-state index >= 15 is 0 Å². The second kappa shape index (κ2) is 13.2. The Labute approximate surface area is 297 Å². The van der Waals surface area contributed by atoms with Crippen LogP contribution in [-0.2, 0) is 0 Å². The average Bonchev–Trinajstić information content (AvgIpc) is 3.22.